The van der Waals surface area contributed by atoms with Gasteiger partial charge in [0.25, 0.3) is 0 Å². The zero-order chi connectivity index (χ0) is 4.24. The first kappa shape index (κ1) is 11.9. The summed E-state index contributed by atoms with van der Waals surface area (Å²) in [5, 5.41) is 0. The van der Waals surface area contributed by atoms with Crippen LogP contribution in [0.3, 0.4) is 0 Å². The van der Waals surface area contributed by atoms with Gasteiger partial charge in [-0.3, -0.25) is 4.98 Å². The Bertz CT molecular complexity index is 89.6. The Morgan fingerprint density at radius 2 is 1.38 bits per heavy atom. The number of rotatable bonds is 0. The predicted octanol–water partition coefficient (Wildman–Crippen LogP) is -4.69. The summed E-state index contributed by atoms with van der Waals surface area (Å²) in [6.45, 7) is 0. The monoisotopic (exact) mass is 127 g/mol. The third kappa shape index (κ3) is 5.29. The van der Waals surface area contributed by atoms with E-state index in [1.165, 1.54) is 0 Å². The SMILES string of the molecule is [H-].[H-].[Na+].[Na+].c1ccncc1. The van der Waals surface area contributed by atoms with Crippen molar-refractivity contribution in [3.63, 3.8) is 0 Å². The van der Waals surface area contributed by atoms with Gasteiger partial charge in [-0.05, 0) is 12.1 Å². The van der Waals surface area contributed by atoms with Crippen LogP contribution in [0.5, 0.6) is 0 Å². The van der Waals surface area contributed by atoms with E-state index in [0.717, 1.165) is 0 Å². The molecule has 0 unspecified atom stereocenters. The molecule has 0 spiro atoms. The summed E-state index contributed by atoms with van der Waals surface area (Å²) < 4.78 is 0. The third-order valence-electron chi connectivity index (χ3n) is 0.566. The van der Waals surface area contributed by atoms with Gasteiger partial charge in [0.2, 0.25) is 0 Å². The van der Waals surface area contributed by atoms with Crippen LogP contribution in [0.15, 0.2) is 30.6 Å². The maximum Gasteiger partial charge on any atom is 1.00 e. The topological polar surface area (TPSA) is 12.9 Å². The van der Waals surface area contributed by atoms with Gasteiger partial charge in [0.15, 0.2) is 0 Å². The van der Waals surface area contributed by atoms with Crippen molar-refractivity contribution in [2.75, 3.05) is 0 Å². The van der Waals surface area contributed by atoms with Gasteiger partial charge in [-0.15, -0.1) is 0 Å². The average Bonchev–Trinajstić information content (AvgIpc) is 1.72. The van der Waals surface area contributed by atoms with Crippen molar-refractivity contribution in [1.82, 2.24) is 4.98 Å². The Morgan fingerprint density at radius 3 is 1.50 bits per heavy atom. The van der Waals surface area contributed by atoms with E-state index in [4.69, 9.17) is 0 Å². The summed E-state index contributed by atoms with van der Waals surface area (Å²) in [4.78, 5) is 3.78. The van der Waals surface area contributed by atoms with Crippen LogP contribution in [0, 0.1) is 0 Å². The van der Waals surface area contributed by atoms with Crippen LogP contribution < -0.4 is 59.1 Å². The molecular weight excluding hydrogens is 120 g/mol. The summed E-state index contributed by atoms with van der Waals surface area (Å²) in [5.74, 6) is 0. The third-order valence-corrected chi connectivity index (χ3v) is 0.566. The van der Waals surface area contributed by atoms with E-state index < -0.39 is 0 Å². The molecule has 0 atom stereocenters. The molecule has 0 radical (unpaired) electrons. The number of hydrogen-bond acceptors (Lipinski definition) is 1. The zero-order valence-electron chi connectivity index (χ0n) is 7.33. The summed E-state index contributed by atoms with van der Waals surface area (Å²) >= 11 is 0. The molecule has 1 nitrogen and oxygen atoms in total. The molecule has 0 fully saturated rings. The van der Waals surface area contributed by atoms with E-state index >= 15 is 0 Å². The van der Waals surface area contributed by atoms with Crippen LogP contribution in [0.1, 0.15) is 2.85 Å². The van der Waals surface area contributed by atoms with Gasteiger partial charge in [0.1, 0.15) is 0 Å². The van der Waals surface area contributed by atoms with Crippen molar-refractivity contribution >= 4 is 0 Å². The molecule has 34 valence electrons. The smallest absolute Gasteiger partial charge is 1.00 e. The molecule has 0 bridgehead atoms. The quantitative estimate of drug-likeness (QED) is 0.319. The second-order valence-corrected chi connectivity index (χ2v) is 1.02. The molecule has 1 aromatic rings. The van der Waals surface area contributed by atoms with Crippen molar-refractivity contribution in [3.05, 3.63) is 30.6 Å². The minimum absolute atomic E-state index is 0. The molecule has 0 saturated carbocycles. The predicted molar refractivity (Wildman–Crippen MR) is 26.5 cm³/mol. The van der Waals surface area contributed by atoms with Crippen molar-refractivity contribution in [1.29, 1.82) is 0 Å². The van der Waals surface area contributed by atoms with Crippen LogP contribution in [0.25, 0.3) is 0 Å². The largest absolute Gasteiger partial charge is 1.00 e. The van der Waals surface area contributed by atoms with Crippen LogP contribution in [-0.4, -0.2) is 4.98 Å². The maximum atomic E-state index is 3.78. The summed E-state index contributed by atoms with van der Waals surface area (Å²) in [5.41, 5.74) is 0. The van der Waals surface area contributed by atoms with Crippen molar-refractivity contribution in [2.45, 2.75) is 0 Å². The Kier molecular flexibility index (Phi) is 12.1. The van der Waals surface area contributed by atoms with Gasteiger partial charge in [0, 0.05) is 12.4 Å². The van der Waals surface area contributed by atoms with Crippen LogP contribution in [0.2, 0.25) is 0 Å². The zero-order valence-corrected chi connectivity index (χ0v) is 9.33. The molecular formula is C5H7NNa2. The van der Waals surface area contributed by atoms with Gasteiger partial charge in [-0.25, -0.2) is 0 Å². The Morgan fingerprint density at radius 1 is 0.875 bits per heavy atom. The minimum Gasteiger partial charge on any atom is -1.00 e. The second-order valence-electron chi connectivity index (χ2n) is 1.02. The second kappa shape index (κ2) is 8.15. The standard InChI is InChI=1S/C5H5N.2Na.2H/c1-2-4-6-5-3-1;;;;/h1-5H;;;;/q;2*+1;2*-1. The van der Waals surface area contributed by atoms with Gasteiger partial charge >= 0.3 is 59.1 Å². The van der Waals surface area contributed by atoms with Crippen LogP contribution >= 0.6 is 0 Å². The van der Waals surface area contributed by atoms with E-state index in [-0.39, 0.29) is 62.0 Å². The van der Waals surface area contributed by atoms with Gasteiger partial charge in [0.05, 0.1) is 0 Å². The fourth-order valence-corrected chi connectivity index (χ4v) is 0.313. The molecule has 0 saturated heterocycles. The fraction of sp³-hybridized carbons (Fsp3) is 0. The first-order valence-corrected chi connectivity index (χ1v) is 1.85. The number of nitrogens with zero attached hydrogens (tertiary/aromatic N) is 1. The number of pyridine rings is 1. The van der Waals surface area contributed by atoms with E-state index in [2.05, 4.69) is 4.98 Å². The molecule has 0 aromatic carbocycles. The summed E-state index contributed by atoms with van der Waals surface area (Å²) in [6, 6.07) is 5.72. The average molecular weight is 127 g/mol. The molecule has 0 aliphatic heterocycles. The molecule has 0 aliphatic carbocycles. The molecule has 0 N–H and O–H groups in total. The molecule has 1 rings (SSSR count). The van der Waals surface area contributed by atoms with Gasteiger partial charge in [-0.2, -0.15) is 0 Å². The van der Waals surface area contributed by atoms with E-state index in [1.54, 1.807) is 12.4 Å². The Hall–Kier alpha value is 1.15. The molecule has 1 aromatic heterocycles. The van der Waals surface area contributed by atoms with E-state index in [0.29, 0.717) is 0 Å². The van der Waals surface area contributed by atoms with Crippen LogP contribution in [-0.2, 0) is 0 Å². The molecule has 8 heavy (non-hydrogen) atoms. The number of hydrogen-bond donors (Lipinski definition) is 0. The van der Waals surface area contributed by atoms with Crippen molar-refractivity contribution in [3.8, 4) is 0 Å². The summed E-state index contributed by atoms with van der Waals surface area (Å²) in [6.07, 6.45) is 3.50. The first-order valence-electron chi connectivity index (χ1n) is 1.85. The molecule has 0 amide bonds. The minimum atomic E-state index is 0. The molecule has 3 heteroatoms. The Balaban J connectivity index is -0.0000000450. The summed E-state index contributed by atoms with van der Waals surface area (Å²) in [7, 11) is 0. The van der Waals surface area contributed by atoms with Crippen molar-refractivity contribution < 1.29 is 62.0 Å². The fourth-order valence-electron chi connectivity index (χ4n) is 0.313. The van der Waals surface area contributed by atoms with Gasteiger partial charge < -0.3 is 2.85 Å². The van der Waals surface area contributed by atoms with Crippen molar-refractivity contribution in [2.24, 2.45) is 0 Å². The first-order chi connectivity index (χ1) is 3.00. The maximum absolute atomic E-state index is 3.78. The molecule has 1 heterocycles. The van der Waals surface area contributed by atoms with E-state index in [9.17, 15) is 0 Å². The number of aromatic nitrogens is 1. The Labute approximate surface area is 96.4 Å². The van der Waals surface area contributed by atoms with Crippen LogP contribution in [0.4, 0.5) is 0 Å². The van der Waals surface area contributed by atoms with E-state index in [1.807, 2.05) is 18.2 Å². The van der Waals surface area contributed by atoms with Gasteiger partial charge in [-0.1, -0.05) is 6.07 Å². The normalized spacial score (nSPS) is 6.00. The molecule has 0 aliphatic rings.